The summed E-state index contributed by atoms with van der Waals surface area (Å²) >= 11 is 5.91. The molecule has 1 aliphatic heterocycles. The van der Waals surface area contributed by atoms with Crippen LogP contribution < -0.4 is 9.62 Å². The molecule has 1 aliphatic rings. The van der Waals surface area contributed by atoms with E-state index in [2.05, 4.69) is 4.72 Å². The number of nitrogens with zero attached hydrogens (tertiary/aromatic N) is 1. The third-order valence-corrected chi connectivity index (χ3v) is 6.76. The monoisotopic (exact) mass is 440 g/mol. The average molecular weight is 441 g/mol. The molecule has 0 aromatic heterocycles. The zero-order valence-corrected chi connectivity index (χ0v) is 18.0. The molecule has 4 rings (SSSR count). The lowest BCUT2D eigenvalue weighted by atomic mass is 10.1. The standard InChI is InChI=1S/C23H21ClN2O3S/c1-16-4-2-5-19(12-16)23(27)26-11-10-18-9-8-17(13-22(18)26)15-25-30(28,29)21-7-3-6-20(24)14-21/h2-9,12-14,25H,10-11,15H2,1H3. The van der Waals surface area contributed by atoms with Crippen LogP contribution in [-0.4, -0.2) is 20.9 Å². The molecule has 0 atom stereocenters. The van der Waals surface area contributed by atoms with Gasteiger partial charge in [-0.15, -0.1) is 0 Å². The number of anilines is 1. The van der Waals surface area contributed by atoms with Gasteiger partial charge in [0.2, 0.25) is 10.0 Å². The van der Waals surface area contributed by atoms with E-state index in [-0.39, 0.29) is 17.3 Å². The van der Waals surface area contributed by atoms with Crippen LogP contribution in [0.3, 0.4) is 0 Å². The number of aryl methyl sites for hydroxylation is 1. The number of rotatable bonds is 5. The number of hydrogen-bond donors (Lipinski definition) is 1. The topological polar surface area (TPSA) is 66.5 Å². The Bertz CT molecular complexity index is 1220. The predicted octanol–water partition coefficient (Wildman–Crippen LogP) is 4.33. The van der Waals surface area contributed by atoms with Crippen molar-refractivity contribution in [1.82, 2.24) is 4.72 Å². The number of fused-ring (bicyclic) bond motifs is 1. The molecule has 1 amide bonds. The Balaban J connectivity index is 1.54. The number of sulfonamides is 1. The molecule has 1 N–H and O–H groups in total. The smallest absolute Gasteiger partial charge is 0.258 e. The third-order valence-electron chi connectivity index (χ3n) is 5.13. The van der Waals surface area contributed by atoms with E-state index in [1.807, 2.05) is 49.4 Å². The quantitative estimate of drug-likeness (QED) is 0.642. The molecular weight excluding hydrogens is 420 g/mol. The summed E-state index contributed by atoms with van der Waals surface area (Å²) in [5, 5.41) is 0.362. The Morgan fingerprint density at radius 2 is 1.87 bits per heavy atom. The first-order valence-corrected chi connectivity index (χ1v) is 11.5. The maximum Gasteiger partial charge on any atom is 0.258 e. The second-order valence-electron chi connectivity index (χ2n) is 7.32. The zero-order chi connectivity index (χ0) is 21.3. The Hall–Kier alpha value is -2.67. The molecule has 0 spiro atoms. The molecular formula is C23H21ClN2O3S. The van der Waals surface area contributed by atoms with Crippen molar-refractivity contribution in [2.24, 2.45) is 0 Å². The van der Waals surface area contributed by atoms with Gasteiger partial charge in [0.05, 0.1) is 4.90 Å². The maximum atomic E-state index is 13.0. The van der Waals surface area contributed by atoms with Gasteiger partial charge in [-0.05, 0) is 60.9 Å². The van der Waals surface area contributed by atoms with E-state index in [1.165, 1.54) is 12.1 Å². The van der Waals surface area contributed by atoms with E-state index in [0.29, 0.717) is 17.1 Å². The summed E-state index contributed by atoms with van der Waals surface area (Å²) in [6, 6.07) is 19.4. The van der Waals surface area contributed by atoms with Crippen LogP contribution in [-0.2, 0) is 23.0 Å². The van der Waals surface area contributed by atoms with Crippen LogP contribution in [0.25, 0.3) is 0 Å². The van der Waals surface area contributed by atoms with Gasteiger partial charge in [0.15, 0.2) is 0 Å². The number of amides is 1. The number of carbonyl (C=O) groups is 1. The van der Waals surface area contributed by atoms with Crippen LogP contribution in [0.15, 0.2) is 71.6 Å². The van der Waals surface area contributed by atoms with Gasteiger partial charge >= 0.3 is 0 Å². The predicted molar refractivity (Wildman–Crippen MR) is 118 cm³/mol. The number of hydrogen-bond acceptors (Lipinski definition) is 3. The van der Waals surface area contributed by atoms with E-state index in [4.69, 9.17) is 11.6 Å². The minimum Gasteiger partial charge on any atom is -0.308 e. The summed E-state index contributed by atoms with van der Waals surface area (Å²) in [6.45, 7) is 2.69. The third kappa shape index (κ3) is 4.26. The summed E-state index contributed by atoms with van der Waals surface area (Å²) < 4.78 is 27.7. The van der Waals surface area contributed by atoms with Crippen molar-refractivity contribution in [2.45, 2.75) is 24.8 Å². The number of nitrogens with one attached hydrogen (secondary N) is 1. The van der Waals surface area contributed by atoms with Crippen LogP contribution >= 0.6 is 11.6 Å². The van der Waals surface area contributed by atoms with Crippen molar-refractivity contribution >= 4 is 33.2 Å². The van der Waals surface area contributed by atoms with Gasteiger partial charge in [-0.3, -0.25) is 4.79 Å². The van der Waals surface area contributed by atoms with E-state index < -0.39 is 10.0 Å². The highest BCUT2D eigenvalue weighted by Crippen LogP contribution is 2.30. The highest BCUT2D eigenvalue weighted by Gasteiger charge is 2.26. The minimum atomic E-state index is -3.69. The second kappa shape index (κ2) is 8.22. The Morgan fingerprint density at radius 1 is 1.07 bits per heavy atom. The molecule has 3 aromatic carbocycles. The zero-order valence-electron chi connectivity index (χ0n) is 16.4. The molecule has 5 nitrogen and oxygen atoms in total. The van der Waals surface area contributed by atoms with Crippen LogP contribution in [0.2, 0.25) is 5.02 Å². The van der Waals surface area contributed by atoms with Crippen LogP contribution in [0.1, 0.15) is 27.0 Å². The van der Waals surface area contributed by atoms with Gasteiger partial charge in [0.25, 0.3) is 5.91 Å². The number of carbonyl (C=O) groups excluding carboxylic acids is 1. The first-order valence-electron chi connectivity index (χ1n) is 9.59. The highest BCUT2D eigenvalue weighted by atomic mass is 35.5. The van der Waals surface area contributed by atoms with E-state index in [1.54, 1.807) is 17.0 Å². The molecule has 0 saturated heterocycles. The van der Waals surface area contributed by atoms with Crippen molar-refractivity contribution < 1.29 is 13.2 Å². The Kier molecular flexibility index (Phi) is 5.64. The molecule has 0 bridgehead atoms. The lowest BCUT2D eigenvalue weighted by Crippen LogP contribution is -2.29. The Morgan fingerprint density at radius 3 is 2.63 bits per heavy atom. The number of benzene rings is 3. The molecule has 154 valence electrons. The van der Waals surface area contributed by atoms with Crippen LogP contribution in [0, 0.1) is 6.92 Å². The van der Waals surface area contributed by atoms with Crippen molar-refractivity contribution in [2.75, 3.05) is 11.4 Å². The average Bonchev–Trinajstić information content (AvgIpc) is 3.15. The minimum absolute atomic E-state index is 0.0471. The molecule has 0 radical (unpaired) electrons. The van der Waals surface area contributed by atoms with Gasteiger partial charge in [-0.25, -0.2) is 13.1 Å². The van der Waals surface area contributed by atoms with Crippen LogP contribution in [0.5, 0.6) is 0 Å². The van der Waals surface area contributed by atoms with Gasteiger partial charge in [-0.1, -0.05) is 47.5 Å². The van der Waals surface area contributed by atoms with Gasteiger partial charge in [0, 0.05) is 29.4 Å². The van der Waals surface area contributed by atoms with E-state index in [9.17, 15) is 13.2 Å². The summed E-state index contributed by atoms with van der Waals surface area (Å²) in [5.74, 6) is -0.0471. The van der Waals surface area contributed by atoms with Gasteiger partial charge in [0.1, 0.15) is 0 Å². The Labute approximate surface area is 181 Å². The molecule has 0 unspecified atom stereocenters. The first kappa shape index (κ1) is 20.6. The summed E-state index contributed by atoms with van der Waals surface area (Å²) in [4.78, 5) is 14.9. The van der Waals surface area contributed by atoms with E-state index in [0.717, 1.165) is 28.8 Å². The largest absolute Gasteiger partial charge is 0.308 e. The second-order valence-corrected chi connectivity index (χ2v) is 9.52. The van der Waals surface area contributed by atoms with E-state index >= 15 is 0 Å². The van der Waals surface area contributed by atoms with Crippen LogP contribution in [0.4, 0.5) is 5.69 Å². The normalized spacial score (nSPS) is 13.3. The van der Waals surface area contributed by atoms with Gasteiger partial charge < -0.3 is 4.90 Å². The molecule has 0 aliphatic carbocycles. The molecule has 1 heterocycles. The van der Waals surface area contributed by atoms with Crippen molar-refractivity contribution in [3.63, 3.8) is 0 Å². The molecule has 30 heavy (non-hydrogen) atoms. The van der Waals surface area contributed by atoms with Crippen molar-refractivity contribution in [1.29, 1.82) is 0 Å². The fourth-order valence-corrected chi connectivity index (χ4v) is 4.89. The first-order chi connectivity index (χ1) is 14.3. The summed E-state index contributed by atoms with van der Waals surface area (Å²) in [5.41, 5.74) is 4.38. The SMILES string of the molecule is Cc1cccc(C(=O)N2CCc3ccc(CNS(=O)(=O)c4cccc(Cl)c4)cc32)c1. The summed E-state index contributed by atoms with van der Waals surface area (Å²) in [6.07, 6.45) is 0.779. The molecule has 7 heteroatoms. The maximum absolute atomic E-state index is 13.0. The fraction of sp³-hybridized carbons (Fsp3) is 0.174. The van der Waals surface area contributed by atoms with Gasteiger partial charge in [-0.2, -0.15) is 0 Å². The molecule has 3 aromatic rings. The van der Waals surface area contributed by atoms with Crippen molar-refractivity contribution in [3.05, 3.63) is 94.0 Å². The molecule has 0 saturated carbocycles. The lowest BCUT2D eigenvalue weighted by molar-refractivity contribution is 0.0989. The molecule has 0 fully saturated rings. The number of halogens is 1. The van der Waals surface area contributed by atoms with Crippen molar-refractivity contribution in [3.8, 4) is 0 Å². The highest BCUT2D eigenvalue weighted by molar-refractivity contribution is 7.89. The fourth-order valence-electron chi connectivity index (χ4n) is 3.58. The lowest BCUT2D eigenvalue weighted by Gasteiger charge is -2.18. The summed E-state index contributed by atoms with van der Waals surface area (Å²) in [7, 11) is -3.69.